The van der Waals surface area contributed by atoms with Crippen LogP contribution in [0.1, 0.15) is 6.92 Å². The molecule has 9 N–H and O–H groups in total. The Morgan fingerprint density at radius 3 is 2.04 bits per heavy atom. The van der Waals surface area contributed by atoms with Gasteiger partial charge in [0.25, 0.3) is 30.4 Å². The molecule has 4 aromatic rings. The van der Waals surface area contributed by atoms with Crippen molar-refractivity contribution in [1.82, 2.24) is 15.0 Å². The summed E-state index contributed by atoms with van der Waals surface area (Å²) in [6, 6.07) is 7.39. The second kappa shape index (κ2) is 16.8. The van der Waals surface area contributed by atoms with Crippen LogP contribution in [0.25, 0.3) is 0 Å². The van der Waals surface area contributed by atoms with Gasteiger partial charge in [0, 0.05) is 25.2 Å². The third-order valence-electron chi connectivity index (χ3n) is 6.41. The smallest absolute Gasteiger partial charge is 0.316 e. The molecular formula is C27H27FN12O12S3. The molecule has 3 aromatic carbocycles. The molecule has 28 heteroatoms. The molecule has 0 saturated heterocycles. The van der Waals surface area contributed by atoms with E-state index in [2.05, 4.69) is 56.7 Å². The van der Waals surface area contributed by atoms with Crippen LogP contribution in [0.15, 0.2) is 78.8 Å². The third-order valence-corrected chi connectivity index (χ3v) is 8.88. The van der Waals surface area contributed by atoms with Gasteiger partial charge < -0.3 is 31.7 Å². The summed E-state index contributed by atoms with van der Waals surface area (Å²) in [5.74, 6) is -2.11. The second-order valence-electron chi connectivity index (χ2n) is 10.5. The van der Waals surface area contributed by atoms with Crippen LogP contribution in [0.3, 0.4) is 0 Å². The van der Waals surface area contributed by atoms with Gasteiger partial charge in [-0.15, -0.1) is 20.5 Å². The molecule has 3 amide bonds. The Morgan fingerprint density at radius 1 is 0.782 bits per heavy atom. The summed E-state index contributed by atoms with van der Waals surface area (Å²) in [7, 11) is -12.9. The first kappa shape index (κ1) is 41.4. The number of halogens is 1. The van der Waals surface area contributed by atoms with Crippen molar-refractivity contribution in [2.75, 3.05) is 40.7 Å². The minimum Gasteiger partial charge on any atom is -0.494 e. The van der Waals surface area contributed by atoms with Gasteiger partial charge in [-0.25, -0.2) is 4.79 Å². The number of azo groups is 2. The van der Waals surface area contributed by atoms with Gasteiger partial charge in [-0.05, 0) is 42.5 Å². The first-order valence-corrected chi connectivity index (χ1v) is 19.1. The summed E-state index contributed by atoms with van der Waals surface area (Å²) in [5, 5.41) is 25.7. The maximum absolute atomic E-state index is 14.1. The number of amides is 3. The highest BCUT2D eigenvalue weighted by Crippen LogP contribution is 2.41. The molecule has 24 nitrogen and oxygen atoms in total. The predicted octanol–water partition coefficient (Wildman–Crippen LogP) is 3.84. The molecule has 0 aliphatic carbocycles. The van der Waals surface area contributed by atoms with E-state index < -0.39 is 69.6 Å². The normalized spacial score (nSPS) is 12.1. The number of nitrogens with one attached hydrogen (secondary N) is 4. The summed E-state index contributed by atoms with van der Waals surface area (Å²) in [6.07, 6.45) is -1.25. The van der Waals surface area contributed by atoms with Gasteiger partial charge in [-0.1, -0.05) is 0 Å². The number of ether oxygens (including phenoxy) is 1. The van der Waals surface area contributed by atoms with Crippen molar-refractivity contribution in [3.63, 3.8) is 0 Å². The van der Waals surface area contributed by atoms with E-state index in [1.807, 2.05) is 0 Å². The minimum absolute atomic E-state index is 0.0119. The molecule has 0 aliphatic rings. The van der Waals surface area contributed by atoms with E-state index in [1.165, 1.54) is 37.4 Å². The van der Waals surface area contributed by atoms with E-state index >= 15 is 0 Å². The highest BCUT2D eigenvalue weighted by molar-refractivity contribution is 7.86. The third kappa shape index (κ3) is 12.1. The predicted molar refractivity (Wildman–Crippen MR) is 189 cm³/mol. The van der Waals surface area contributed by atoms with Crippen molar-refractivity contribution in [2.45, 2.75) is 16.7 Å². The number of carbonyl (C=O) groups is 2. The molecule has 0 atom stereocenters. The number of hydrogen-bond acceptors (Lipinski definition) is 18. The average Bonchev–Trinajstić information content (AvgIpc) is 3.05. The molecule has 0 saturated carbocycles. The van der Waals surface area contributed by atoms with Crippen molar-refractivity contribution in [3.8, 4) is 5.75 Å². The van der Waals surface area contributed by atoms with Crippen LogP contribution in [-0.4, -0.2) is 85.2 Å². The van der Waals surface area contributed by atoms with Crippen LogP contribution < -0.4 is 31.7 Å². The number of nitrogens with two attached hydrogens (primary N) is 1. The molecular weight excluding hydrogens is 800 g/mol. The van der Waals surface area contributed by atoms with Gasteiger partial charge >= 0.3 is 12.1 Å². The molecule has 0 unspecified atom stereocenters. The summed E-state index contributed by atoms with van der Waals surface area (Å²) in [5.41, 5.74) is 4.36. The second-order valence-corrected chi connectivity index (χ2v) is 14.9. The van der Waals surface area contributed by atoms with Gasteiger partial charge in [0.15, 0.2) is 0 Å². The first-order chi connectivity index (χ1) is 25.6. The van der Waals surface area contributed by atoms with Crippen molar-refractivity contribution >= 4 is 94.0 Å². The lowest BCUT2D eigenvalue weighted by atomic mass is 10.2. The largest absolute Gasteiger partial charge is 0.494 e. The van der Waals surface area contributed by atoms with Crippen molar-refractivity contribution in [2.24, 2.45) is 26.2 Å². The number of primary amides is 1. The lowest BCUT2D eigenvalue weighted by Crippen LogP contribution is -2.19. The fourth-order valence-corrected chi connectivity index (χ4v) is 5.65. The molecule has 0 spiro atoms. The number of urea groups is 1. The number of nitrogens with zero attached hydrogens (tertiary/aromatic N) is 7. The summed E-state index contributed by atoms with van der Waals surface area (Å²) in [4.78, 5) is 33.0. The van der Waals surface area contributed by atoms with Gasteiger partial charge in [0.1, 0.15) is 33.4 Å². The average molecular weight is 827 g/mol. The minimum atomic E-state index is -4.96. The summed E-state index contributed by atoms with van der Waals surface area (Å²) < 4.78 is 116. The number of rotatable bonds is 15. The highest BCUT2D eigenvalue weighted by Gasteiger charge is 2.21. The first-order valence-electron chi connectivity index (χ1n) is 14.6. The Balaban J connectivity index is 1.70. The number of anilines is 5. The topological polar surface area (TPSA) is 369 Å². The Morgan fingerprint density at radius 2 is 1.42 bits per heavy atom. The van der Waals surface area contributed by atoms with E-state index in [0.29, 0.717) is 18.2 Å². The maximum atomic E-state index is 14.1. The number of hydrogen-bond donors (Lipinski definition) is 8. The zero-order valence-electron chi connectivity index (χ0n) is 27.9. The van der Waals surface area contributed by atoms with Crippen LogP contribution in [0, 0.1) is 6.08 Å². The summed E-state index contributed by atoms with van der Waals surface area (Å²) >= 11 is 0. The lowest BCUT2D eigenvalue weighted by molar-refractivity contribution is -0.114. The Labute approximate surface area is 309 Å². The van der Waals surface area contributed by atoms with Gasteiger partial charge in [0.2, 0.25) is 17.8 Å². The fraction of sp³-hybridized carbons (Fsp3) is 0.148. The molecule has 1 heterocycles. The number of methoxy groups -OCH3 is 1. The van der Waals surface area contributed by atoms with Crippen molar-refractivity contribution in [3.05, 3.63) is 54.6 Å². The summed E-state index contributed by atoms with van der Waals surface area (Å²) in [6.45, 7) is 0.784. The standard InChI is InChI=1S/C27H27FN12O12S3/c1-13(41)31-18-11-20(22(52-2)12-19(18)38-40-21-10-15(54(46,47)48)4-6-23(21)55(49,50)51)39-37-16-5-3-14(9-17(16)33-25(29)42)32-27-35-24(28)34-26(36-27)30-7-8-53(43,44)45/h3-6,9-12H,7-8H2,1-2H3,(H,31,41)(H3,29,33,42)(H,43,44,45)(H,46,47,48)(H,49,50,51)(H2,30,32,34,35,36). The quantitative estimate of drug-likeness (QED) is 0.0623. The van der Waals surface area contributed by atoms with Crippen LogP contribution in [0.5, 0.6) is 5.75 Å². The van der Waals surface area contributed by atoms with Gasteiger partial charge in [-0.3, -0.25) is 18.5 Å². The molecule has 4 rings (SSSR count). The molecule has 55 heavy (non-hydrogen) atoms. The number of carbonyl (C=O) groups excluding carboxylic acids is 2. The Bertz CT molecular complexity index is 2560. The molecule has 0 radical (unpaired) electrons. The Hall–Kier alpha value is -6.33. The molecule has 0 bridgehead atoms. The zero-order chi connectivity index (χ0) is 40.7. The van der Waals surface area contributed by atoms with E-state index in [1.54, 1.807) is 0 Å². The molecule has 0 fully saturated rings. The highest BCUT2D eigenvalue weighted by atomic mass is 32.2. The maximum Gasteiger partial charge on any atom is 0.316 e. The van der Waals surface area contributed by atoms with Crippen molar-refractivity contribution < 1.29 is 57.6 Å². The van der Waals surface area contributed by atoms with Gasteiger partial charge in [0.05, 0.1) is 29.1 Å². The SMILES string of the molecule is COc1cc(N=Nc2cc(S(=O)(=O)O)ccc2S(=O)(=O)O)c(NC(C)=O)cc1N=Nc1ccc(Nc2nc(F)nc(NCCS(=O)(=O)O)n2)cc1NC(N)=O. The van der Waals surface area contributed by atoms with Gasteiger partial charge in [-0.2, -0.15) is 44.6 Å². The fourth-order valence-electron chi connectivity index (χ4n) is 4.18. The number of aromatic nitrogens is 3. The molecule has 0 aliphatic heterocycles. The number of benzene rings is 3. The monoisotopic (exact) mass is 826 g/mol. The van der Waals surface area contributed by atoms with Crippen LogP contribution in [0.2, 0.25) is 0 Å². The van der Waals surface area contributed by atoms with Crippen molar-refractivity contribution in [1.29, 1.82) is 0 Å². The molecule has 292 valence electrons. The molecule has 1 aromatic heterocycles. The van der Waals surface area contributed by atoms with Crippen LogP contribution in [-0.2, 0) is 35.1 Å². The van der Waals surface area contributed by atoms with E-state index in [4.69, 9.17) is 15.0 Å². The Kier molecular flexibility index (Phi) is 12.6. The van der Waals surface area contributed by atoms with Crippen LogP contribution >= 0.6 is 0 Å². The van der Waals surface area contributed by atoms with E-state index in [0.717, 1.165) is 6.92 Å². The van der Waals surface area contributed by atoms with Crippen LogP contribution in [0.4, 0.5) is 60.9 Å². The van der Waals surface area contributed by atoms with E-state index in [-0.39, 0.29) is 58.3 Å². The zero-order valence-corrected chi connectivity index (χ0v) is 30.3. The van der Waals surface area contributed by atoms with E-state index in [9.17, 15) is 48.3 Å². The lowest BCUT2D eigenvalue weighted by Gasteiger charge is -2.12.